The van der Waals surface area contributed by atoms with Gasteiger partial charge in [-0.2, -0.15) is 4.80 Å². The predicted molar refractivity (Wildman–Crippen MR) is 74.0 cm³/mol. The van der Waals surface area contributed by atoms with Crippen LogP contribution in [0.4, 0.5) is 0 Å². The summed E-state index contributed by atoms with van der Waals surface area (Å²) in [6.45, 7) is 2.11. The molecule has 6 nitrogen and oxygen atoms in total. The van der Waals surface area contributed by atoms with E-state index in [2.05, 4.69) is 49.9 Å². The Balaban J connectivity index is 1.74. The highest BCUT2D eigenvalue weighted by Gasteiger charge is 2.47. The van der Waals surface area contributed by atoms with Crippen LogP contribution in [0.15, 0.2) is 30.3 Å². The third kappa shape index (κ3) is 1.83. The van der Waals surface area contributed by atoms with Gasteiger partial charge in [0.1, 0.15) is 6.04 Å². The van der Waals surface area contributed by atoms with Gasteiger partial charge in [-0.25, -0.2) is 0 Å². The molecule has 0 spiro atoms. The molecule has 3 unspecified atom stereocenters. The van der Waals surface area contributed by atoms with E-state index in [1.165, 1.54) is 12.0 Å². The second-order valence-corrected chi connectivity index (χ2v) is 5.60. The first kappa shape index (κ1) is 12.0. The summed E-state index contributed by atoms with van der Waals surface area (Å²) in [5.74, 6) is 0.801. The Morgan fingerprint density at radius 2 is 1.95 bits per heavy atom. The summed E-state index contributed by atoms with van der Waals surface area (Å²) in [6.07, 6.45) is 1.27. The fourth-order valence-electron chi connectivity index (χ4n) is 3.43. The first-order valence-corrected chi connectivity index (χ1v) is 7.10. The van der Waals surface area contributed by atoms with Crippen LogP contribution in [0.25, 0.3) is 0 Å². The zero-order valence-corrected chi connectivity index (χ0v) is 11.5. The van der Waals surface area contributed by atoms with Gasteiger partial charge in [-0.3, -0.25) is 4.90 Å². The first-order valence-electron chi connectivity index (χ1n) is 7.10. The van der Waals surface area contributed by atoms with Crippen molar-refractivity contribution in [1.29, 1.82) is 0 Å². The highest BCUT2D eigenvalue weighted by atomic mass is 15.6. The number of hydrogen-bond donors (Lipinski definition) is 1. The lowest BCUT2D eigenvalue weighted by molar-refractivity contribution is -0.0408. The van der Waals surface area contributed by atoms with Crippen molar-refractivity contribution in [2.45, 2.75) is 24.5 Å². The molecule has 1 aromatic carbocycles. The molecule has 0 amide bonds. The summed E-state index contributed by atoms with van der Waals surface area (Å²) in [5, 5.41) is 16.2. The molecule has 104 valence electrons. The minimum absolute atomic E-state index is 0.121. The topological polar surface area (TPSA) is 58.9 Å². The number of fused-ring (bicyclic) bond motifs is 2. The number of piperidine rings is 1. The molecule has 4 rings (SSSR count). The van der Waals surface area contributed by atoms with Gasteiger partial charge in [0.15, 0.2) is 5.82 Å². The van der Waals surface area contributed by atoms with Crippen molar-refractivity contribution in [2.75, 3.05) is 13.1 Å². The van der Waals surface area contributed by atoms with Gasteiger partial charge in [-0.05, 0) is 17.2 Å². The third-order valence-corrected chi connectivity index (χ3v) is 4.33. The van der Waals surface area contributed by atoms with Crippen LogP contribution < -0.4 is 5.32 Å². The molecule has 2 aromatic rings. The number of nitrogens with zero attached hydrogens (tertiary/aromatic N) is 5. The van der Waals surface area contributed by atoms with E-state index in [1.807, 2.05) is 13.1 Å². The van der Waals surface area contributed by atoms with Crippen LogP contribution in [0, 0.1) is 0 Å². The summed E-state index contributed by atoms with van der Waals surface area (Å²) in [7, 11) is 1.82. The van der Waals surface area contributed by atoms with Crippen LogP contribution in [0.2, 0.25) is 0 Å². The molecular weight excluding hydrogens is 252 g/mol. The van der Waals surface area contributed by atoms with Crippen molar-refractivity contribution in [3.8, 4) is 0 Å². The maximum atomic E-state index is 4.45. The number of hydrogen-bond acceptors (Lipinski definition) is 5. The average molecular weight is 270 g/mol. The molecule has 1 aromatic heterocycles. The molecule has 0 aliphatic carbocycles. The molecule has 2 bridgehead atoms. The molecule has 6 heteroatoms. The lowest BCUT2D eigenvalue weighted by Crippen LogP contribution is -2.68. The smallest absolute Gasteiger partial charge is 0.196 e. The average Bonchev–Trinajstić information content (AvgIpc) is 2.92. The second-order valence-electron chi connectivity index (χ2n) is 5.60. The molecular formula is C14H18N6. The normalized spacial score (nSPS) is 27.1. The van der Waals surface area contributed by atoms with Gasteiger partial charge in [-0.15, -0.1) is 10.2 Å². The molecule has 2 fully saturated rings. The molecule has 2 saturated heterocycles. The summed E-state index contributed by atoms with van der Waals surface area (Å²) in [5.41, 5.74) is 1.25. The lowest BCUT2D eigenvalue weighted by Gasteiger charge is -2.55. The number of aromatic nitrogens is 4. The van der Waals surface area contributed by atoms with E-state index in [0.29, 0.717) is 12.1 Å². The molecule has 2 aliphatic heterocycles. The van der Waals surface area contributed by atoms with Crippen molar-refractivity contribution in [3.05, 3.63) is 41.7 Å². The Morgan fingerprint density at radius 3 is 2.55 bits per heavy atom. The van der Waals surface area contributed by atoms with Crippen LogP contribution in [-0.4, -0.2) is 50.3 Å². The van der Waals surface area contributed by atoms with Gasteiger partial charge in [0.2, 0.25) is 0 Å². The van der Waals surface area contributed by atoms with Gasteiger partial charge in [0, 0.05) is 25.2 Å². The van der Waals surface area contributed by atoms with E-state index in [9.17, 15) is 0 Å². The number of nitrogens with one attached hydrogen (secondary N) is 1. The molecule has 1 N–H and O–H groups in total. The van der Waals surface area contributed by atoms with Crippen molar-refractivity contribution in [1.82, 2.24) is 30.4 Å². The van der Waals surface area contributed by atoms with Gasteiger partial charge in [-0.1, -0.05) is 30.3 Å². The van der Waals surface area contributed by atoms with E-state index in [-0.39, 0.29) is 6.04 Å². The van der Waals surface area contributed by atoms with Crippen LogP contribution in [0.3, 0.4) is 0 Å². The van der Waals surface area contributed by atoms with Crippen LogP contribution in [-0.2, 0) is 7.05 Å². The van der Waals surface area contributed by atoms with E-state index < -0.39 is 0 Å². The minimum atomic E-state index is 0.121. The molecule has 2 aliphatic rings. The monoisotopic (exact) mass is 270 g/mol. The maximum absolute atomic E-state index is 4.45. The highest BCUT2D eigenvalue weighted by molar-refractivity contribution is 5.26. The number of tetrazole rings is 1. The highest BCUT2D eigenvalue weighted by Crippen LogP contribution is 2.39. The Bertz CT molecular complexity index is 581. The van der Waals surface area contributed by atoms with Crippen LogP contribution in [0.5, 0.6) is 0 Å². The molecule has 3 atom stereocenters. The van der Waals surface area contributed by atoms with Gasteiger partial charge in [0.05, 0.1) is 7.05 Å². The summed E-state index contributed by atoms with van der Waals surface area (Å²) >= 11 is 0. The lowest BCUT2D eigenvalue weighted by atomic mass is 9.84. The van der Waals surface area contributed by atoms with Crippen molar-refractivity contribution < 1.29 is 0 Å². The summed E-state index contributed by atoms with van der Waals surface area (Å²) < 4.78 is 0. The number of benzene rings is 1. The number of piperazine rings is 1. The van der Waals surface area contributed by atoms with Gasteiger partial charge in [0.25, 0.3) is 0 Å². The summed E-state index contributed by atoms with van der Waals surface area (Å²) in [6, 6.07) is 11.8. The quantitative estimate of drug-likeness (QED) is 0.872. The standard InChI is InChI=1S/C14H18N6/c1-19-17-14(16-18-19)13(10-5-3-2-4-6-10)20-11-7-12(20)9-15-8-11/h2-6,11-13,15H,7-9H2,1H3. The Morgan fingerprint density at radius 1 is 1.20 bits per heavy atom. The molecule has 3 heterocycles. The van der Waals surface area contributed by atoms with Crippen molar-refractivity contribution in [3.63, 3.8) is 0 Å². The van der Waals surface area contributed by atoms with E-state index >= 15 is 0 Å². The van der Waals surface area contributed by atoms with Crippen molar-refractivity contribution >= 4 is 0 Å². The SMILES string of the molecule is Cn1nnc(C(c2ccccc2)N2C3CNCC2C3)n1. The molecule has 20 heavy (non-hydrogen) atoms. The largest absolute Gasteiger partial charge is 0.314 e. The Hall–Kier alpha value is -1.79. The van der Waals surface area contributed by atoms with E-state index in [4.69, 9.17) is 0 Å². The number of rotatable bonds is 3. The Kier molecular flexibility index (Phi) is 2.78. The zero-order chi connectivity index (χ0) is 13.5. The first-order chi connectivity index (χ1) is 9.83. The van der Waals surface area contributed by atoms with Crippen LogP contribution >= 0.6 is 0 Å². The fourth-order valence-corrected chi connectivity index (χ4v) is 3.43. The van der Waals surface area contributed by atoms with E-state index in [0.717, 1.165) is 18.9 Å². The van der Waals surface area contributed by atoms with Gasteiger partial charge >= 0.3 is 0 Å². The predicted octanol–water partition coefficient (Wildman–Crippen LogP) is 0.346. The maximum Gasteiger partial charge on any atom is 0.196 e. The van der Waals surface area contributed by atoms with Crippen molar-refractivity contribution in [2.24, 2.45) is 7.05 Å². The van der Waals surface area contributed by atoms with Crippen LogP contribution in [0.1, 0.15) is 23.9 Å². The Labute approximate surface area is 117 Å². The minimum Gasteiger partial charge on any atom is -0.314 e. The second kappa shape index (κ2) is 4.64. The fraction of sp³-hybridized carbons (Fsp3) is 0.500. The third-order valence-electron chi connectivity index (χ3n) is 4.33. The van der Waals surface area contributed by atoms with E-state index in [1.54, 1.807) is 4.80 Å². The summed E-state index contributed by atoms with van der Waals surface area (Å²) in [4.78, 5) is 4.09. The number of aryl methyl sites for hydroxylation is 1. The zero-order valence-electron chi connectivity index (χ0n) is 11.5. The molecule has 0 radical (unpaired) electrons. The molecule has 0 saturated carbocycles. The van der Waals surface area contributed by atoms with Gasteiger partial charge < -0.3 is 5.32 Å².